The zero-order valence-corrected chi connectivity index (χ0v) is 9.97. The third kappa shape index (κ3) is 1.57. The first-order valence-corrected chi connectivity index (χ1v) is 5.78. The molecule has 6 nitrogen and oxygen atoms in total. The summed E-state index contributed by atoms with van der Waals surface area (Å²) in [6.07, 6.45) is 4.02. The van der Waals surface area contributed by atoms with Crippen LogP contribution < -0.4 is 11.1 Å². The van der Waals surface area contributed by atoms with Gasteiger partial charge >= 0.3 is 0 Å². The molecule has 1 N–H and O–H groups in total. The number of hydrogen-bond acceptors (Lipinski definition) is 4. The number of hydrogen-bond donors (Lipinski definition) is 1. The molecule has 0 aliphatic carbocycles. The van der Waals surface area contributed by atoms with Crippen molar-refractivity contribution in [3.8, 4) is 0 Å². The first-order chi connectivity index (χ1) is 8.60. The zero-order chi connectivity index (χ0) is 12.8. The van der Waals surface area contributed by atoms with Crippen LogP contribution in [0.15, 0.2) is 28.0 Å². The van der Waals surface area contributed by atoms with Crippen molar-refractivity contribution in [3.63, 3.8) is 0 Å². The Bertz CT molecular complexity index is 710. The van der Waals surface area contributed by atoms with Crippen LogP contribution in [-0.4, -0.2) is 28.0 Å². The second kappa shape index (κ2) is 3.78. The Morgan fingerprint density at radius 1 is 1.50 bits per heavy atom. The molecule has 0 amide bonds. The maximum atomic E-state index is 12.1. The number of pyridine rings is 1. The van der Waals surface area contributed by atoms with Crippen LogP contribution in [0.1, 0.15) is 13.3 Å². The van der Waals surface area contributed by atoms with Crippen molar-refractivity contribution < 1.29 is 4.74 Å². The van der Waals surface area contributed by atoms with Gasteiger partial charge in [0.1, 0.15) is 0 Å². The third-order valence-corrected chi connectivity index (χ3v) is 3.48. The molecule has 1 aliphatic heterocycles. The second-order valence-corrected chi connectivity index (χ2v) is 4.85. The van der Waals surface area contributed by atoms with Gasteiger partial charge in [-0.3, -0.25) is 9.59 Å². The Balaban J connectivity index is 2.29. The van der Waals surface area contributed by atoms with Crippen LogP contribution in [0.5, 0.6) is 0 Å². The number of ether oxygens (including phenoxy) is 1. The van der Waals surface area contributed by atoms with Gasteiger partial charge < -0.3 is 9.30 Å². The number of H-pyrrole nitrogens is 1. The summed E-state index contributed by atoms with van der Waals surface area (Å²) in [7, 11) is 0. The molecule has 2 aromatic rings. The van der Waals surface area contributed by atoms with E-state index in [2.05, 4.69) is 10.2 Å². The molecule has 0 aromatic carbocycles. The van der Waals surface area contributed by atoms with Crippen LogP contribution in [0.25, 0.3) is 10.8 Å². The molecule has 2 aromatic heterocycles. The van der Waals surface area contributed by atoms with Crippen LogP contribution in [0.3, 0.4) is 0 Å². The fourth-order valence-electron chi connectivity index (χ4n) is 2.34. The Morgan fingerprint density at radius 2 is 2.33 bits per heavy atom. The van der Waals surface area contributed by atoms with Gasteiger partial charge in [0.15, 0.2) is 0 Å². The van der Waals surface area contributed by atoms with Crippen LogP contribution in [-0.2, 0) is 10.3 Å². The zero-order valence-electron chi connectivity index (χ0n) is 9.97. The van der Waals surface area contributed by atoms with Gasteiger partial charge in [-0.1, -0.05) is 0 Å². The maximum Gasteiger partial charge on any atom is 0.272 e. The summed E-state index contributed by atoms with van der Waals surface area (Å²) >= 11 is 0. The van der Waals surface area contributed by atoms with Crippen molar-refractivity contribution in [2.75, 3.05) is 13.2 Å². The predicted octanol–water partition coefficient (Wildman–Crippen LogP) is 0.220. The van der Waals surface area contributed by atoms with E-state index in [1.165, 1.54) is 6.07 Å². The van der Waals surface area contributed by atoms with Crippen LogP contribution >= 0.6 is 0 Å². The first-order valence-electron chi connectivity index (χ1n) is 5.78. The Labute approximate surface area is 102 Å². The summed E-state index contributed by atoms with van der Waals surface area (Å²) < 4.78 is 7.00. The largest absolute Gasteiger partial charge is 0.379 e. The number of fused-ring (bicyclic) bond motifs is 1. The van der Waals surface area contributed by atoms with Crippen molar-refractivity contribution in [3.05, 3.63) is 39.2 Å². The minimum Gasteiger partial charge on any atom is -0.379 e. The molecule has 6 heteroatoms. The highest BCUT2D eigenvalue weighted by Gasteiger charge is 2.32. The highest BCUT2D eigenvalue weighted by atomic mass is 16.5. The van der Waals surface area contributed by atoms with Gasteiger partial charge in [0.2, 0.25) is 0 Å². The lowest BCUT2D eigenvalue weighted by Crippen LogP contribution is -2.38. The van der Waals surface area contributed by atoms with Crippen LogP contribution in [0, 0.1) is 0 Å². The van der Waals surface area contributed by atoms with E-state index in [4.69, 9.17) is 4.74 Å². The molecule has 94 valence electrons. The molecule has 3 rings (SSSR count). The van der Waals surface area contributed by atoms with E-state index >= 15 is 0 Å². The van der Waals surface area contributed by atoms with E-state index in [1.54, 1.807) is 17.0 Å². The highest BCUT2D eigenvalue weighted by Crippen LogP contribution is 2.25. The topological polar surface area (TPSA) is 77.0 Å². The minimum absolute atomic E-state index is 0.188. The highest BCUT2D eigenvalue weighted by molar-refractivity contribution is 5.79. The fraction of sp³-hybridized carbons (Fsp3) is 0.417. The number of rotatable bonds is 1. The van der Waals surface area contributed by atoms with E-state index in [1.807, 2.05) is 6.92 Å². The van der Waals surface area contributed by atoms with E-state index in [9.17, 15) is 9.59 Å². The van der Waals surface area contributed by atoms with E-state index in [-0.39, 0.29) is 16.7 Å². The normalized spacial score (nSPS) is 23.6. The van der Waals surface area contributed by atoms with Gasteiger partial charge in [0, 0.05) is 24.3 Å². The lowest BCUT2D eigenvalue weighted by Gasteiger charge is -2.25. The summed E-state index contributed by atoms with van der Waals surface area (Å²) in [6.45, 7) is 3.14. The van der Waals surface area contributed by atoms with Crippen molar-refractivity contribution in [2.24, 2.45) is 0 Å². The second-order valence-electron chi connectivity index (χ2n) is 4.85. The van der Waals surface area contributed by atoms with Crippen molar-refractivity contribution in [1.29, 1.82) is 0 Å². The molecule has 0 bridgehead atoms. The van der Waals surface area contributed by atoms with E-state index in [0.717, 1.165) is 6.42 Å². The standard InChI is InChI=1S/C12H13N3O3/c1-12(2-3-18-7-12)15-6-8-5-13-14-11(17)9(8)4-10(15)16/h4-6H,2-3,7H2,1H3,(H,14,17)/t12-/m0/s1. The van der Waals surface area contributed by atoms with Gasteiger partial charge in [-0.2, -0.15) is 5.10 Å². The van der Waals surface area contributed by atoms with Crippen LogP contribution in [0.2, 0.25) is 0 Å². The summed E-state index contributed by atoms with van der Waals surface area (Å²) in [5, 5.41) is 7.10. The molecule has 0 spiro atoms. The minimum atomic E-state index is -0.343. The summed E-state index contributed by atoms with van der Waals surface area (Å²) in [5.74, 6) is 0. The third-order valence-electron chi connectivity index (χ3n) is 3.48. The fourth-order valence-corrected chi connectivity index (χ4v) is 2.34. The summed E-state index contributed by atoms with van der Waals surface area (Å²) in [5.41, 5.74) is -0.870. The van der Waals surface area contributed by atoms with Gasteiger partial charge in [0.25, 0.3) is 11.1 Å². The van der Waals surface area contributed by atoms with E-state index in [0.29, 0.717) is 24.0 Å². The lowest BCUT2D eigenvalue weighted by molar-refractivity contribution is 0.160. The lowest BCUT2D eigenvalue weighted by atomic mass is 10.0. The predicted molar refractivity (Wildman–Crippen MR) is 65.7 cm³/mol. The number of nitrogens with one attached hydrogen (secondary N) is 1. The SMILES string of the molecule is C[C@]1(n2cc3cn[nH]c(=O)c3cc2=O)CCOC1. The number of aromatic nitrogens is 3. The number of nitrogens with zero attached hydrogens (tertiary/aromatic N) is 2. The molecule has 0 saturated carbocycles. The van der Waals surface area contributed by atoms with Crippen LogP contribution in [0.4, 0.5) is 0 Å². The van der Waals surface area contributed by atoms with Crippen molar-refractivity contribution >= 4 is 10.8 Å². The quantitative estimate of drug-likeness (QED) is 0.782. The summed E-state index contributed by atoms with van der Waals surface area (Å²) in [6, 6.07) is 1.36. The van der Waals surface area contributed by atoms with E-state index < -0.39 is 0 Å². The maximum absolute atomic E-state index is 12.1. The molecule has 1 aliphatic rings. The molecular formula is C12H13N3O3. The molecule has 1 atom stereocenters. The van der Waals surface area contributed by atoms with Gasteiger partial charge in [0.05, 0.1) is 23.7 Å². The molecule has 1 saturated heterocycles. The Morgan fingerprint density at radius 3 is 3.06 bits per heavy atom. The van der Waals surface area contributed by atoms with Crippen molar-refractivity contribution in [2.45, 2.75) is 18.9 Å². The number of aromatic amines is 1. The molecular weight excluding hydrogens is 234 g/mol. The Kier molecular flexibility index (Phi) is 2.34. The summed E-state index contributed by atoms with van der Waals surface area (Å²) in [4.78, 5) is 23.7. The molecule has 0 unspecified atom stereocenters. The molecule has 3 heterocycles. The first kappa shape index (κ1) is 11.2. The van der Waals surface area contributed by atoms with Crippen molar-refractivity contribution in [1.82, 2.24) is 14.8 Å². The van der Waals surface area contributed by atoms with Gasteiger partial charge in [-0.25, -0.2) is 5.10 Å². The van der Waals surface area contributed by atoms with Gasteiger partial charge in [-0.05, 0) is 13.3 Å². The molecule has 1 fully saturated rings. The monoisotopic (exact) mass is 247 g/mol. The molecule has 0 radical (unpaired) electrons. The smallest absolute Gasteiger partial charge is 0.272 e. The van der Waals surface area contributed by atoms with Gasteiger partial charge in [-0.15, -0.1) is 0 Å². The average Bonchev–Trinajstić information content (AvgIpc) is 2.78. The molecule has 18 heavy (non-hydrogen) atoms. The average molecular weight is 247 g/mol. The Hall–Kier alpha value is -1.95.